The number of fused-ring (bicyclic) bond motifs is 2. The van der Waals surface area contributed by atoms with Crippen LogP contribution in [0, 0.1) is 10.8 Å². The first-order chi connectivity index (χ1) is 30.6. The molecule has 0 bridgehead atoms. The number of pyridine rings is 2. The lowest BCUT2D eigenvalue weighted by molar-refractivity contribution is -0.159. The maximum Gasteiger partial charge on any atom is 0.312 e. The second-order valence-corrected chi connectivity index (χ2v) is 16.6. The van der Waals surface area contributed by atoms with Crippen LogP contribution in [0.15, 0.2) is 107 Å². The first-order valence-electron chi connectivity index (χ1n) is 22.5. The minimum atomic E-state index is -0.498. The van der Waals surface area contributed by atoms with Crippen LogP contribution in [0.2, 0.25) is 0 Å². The van der Waals surface area contributed by atoms with Crippen LogP contribution in [-0.4, -0.2) is 86.1 Å². The van der Waals surface area contributed by atoms with Crippen LogP contribution < -0.4 is 25.9 Å². The Morgan fingerprint density at radius 2 is 1.13 bits per heavy atom. The minimum absolute atomic E-state index is 0.0359. The summed E-state index contributed by atoms with van der Waals surface area (Å²) in [5.41, 5.74) is 1.89. The highest BCUT2D eigenvalue weighted by Crippen LogP contribution is 2.38. The number of piperidine rings is 2. The predicted molar refractivity (Wildman–Crippen MR) is 249 cm³/mol. The Labute approximate surface area is 370 Å². The number of methoxy groups -OCH3 is 2. The third-order valence-corrected chi connectivity index (χ3v) is 12.7. The number of rotatable bonds is 17. The fourth-order valence-electron chi connectivity index (χ4n) is 9.05. The molecule has 0 atom stereocenters. The first-order valence-corrected chi connectivity index (χ1v) is 22.5. The lowest BCUT2D eigenvalue weighted by atomic mass is 9.74. The Bertz CT molecular complexity index is 2430. The molecule has 3 aromatic carbocycles. The Kier molecular flexibility index (Phi) is 16.8. The third kappa shape index (κ3) is 11.9. The minimum Gasteiger partial charge on any atom is -0.497 e. The number of benzene rings is 3. The van der Waals surface area contributed by atoms with E-state index in [4.69, 9.17) is 18.9 Å². The number of hydrogen-bond donors (Lipinski definition) is 1. The van der Waals surface area contributed by atoms with Gasteiger partial charge in [-0.25, -0.2) is 0 Å². The summed E-state index contributed by atoms with van der Waals surface area (Å²) in [6.45, 7) is 9.81. The van der Waals surface area contributed by atoms with Crippen molar-refractivity contribution >= 4 is 39.8 Å². The van der Waals surface area contributed by atoms with E-state index >= 15 is 0 Å². The van der Waals surface area contributed by atoms with Crippen molar-refractivity contribution in [2.24, 2.45) is 10.8 Å². The van der Waals surface area contributed by atoms with E-state index in [-0.39, 0.29) is 23.1 Å². The fourth-order valence-corrected chi connectivity index (χ4v) is 9.05. The van der Waals surface area contributed by atoms with Crippen LogP contribution in [0.4, 0.5) is 0 Å². The molecule has 2 saturated heterocycles. The smallest absolute Gasteiger partial charge is 0.312 e. The Morgan fingerprint density at radius 3 is 1.60 bits per heavy atom. The number of esters is 2. The Balaban J connectivity index is 0.000000219. The number of nitrogens with one attached hydrogen (secondary N) is 1. The summed E-state index contributed by atoms with van der Waals surface area (Å²) < 4.78 is 25.1. The summed E-state index contributed by atoms with van der Waals surface area (Å²) in [6, 6.07) is 28.7. The van der Waals surface area contributed by atoms with Crippen molar-refractivity contribution in [3.8, 4) is 11.5 Å². The molecule has 0 radical (unpaired) electrons. The molecule has 2 aromatic heterocycles. The SMILES string of the molecule is CCOC(=O)C1(CCCn2c(=O)ccc3ccc(OC)cc32)CCN(C/C=C/c2ccccc2)CC1.CCOC(=O)C1(CCCn2c(=O)ccc3ccc(OC)cc32)CCNCC1. The monoisotopic (exact) mass is 860 g/mol. The molecule has 0 spiro atoms. The summed E-state index contributed by atoms with van der Waals surface area (Å²) in [5.74, 6) is 1.25. The molecule has 0 saturated carbocycles. The lowest BCUT2D eigenvalue weighted by Gasteiger charge is -2.39. The summed E-state index contributed by atoms with van der Waals surface area (Å²) in [5, 5.41) is 5.30. The second kappa shape index (κ2) is 22.6. The number of likely N-dealkylation sites (tertiary alicyclic amines) is 1. The van der Waals surface area contributed by atoms with E-state index in [0.29, 0.717) is 32.7 Å². The molecule has 2 aliphatic rings. The average molecular weight is 861 g/mol. The van der Waals surface area contributed by atoms with Crippen LogP contribution in [0.1, 0.15) is 70.8 Å². The van der Waals surface area contributed by atoms with Gasteiger partial charge < -0.3 is 33.4 Å². The zero-order valence-corrected chi connectivity index (χ0v) is 37.4. The first kappa shape index (κ1) is 46.8. The fraction of sp³-hybridized carbons (Fsp3) is 0.451. The molecule has 12 nitrogen and oxygen atoms in total. The number of hydrogen-bond acceptors (Lipinski definition) is 10. The van der Waals surface area contributed by atoms with E-state index in [1.807, 2.05) is 80.6 Å². The maximum absolute atomic E-state index is 13.1. The van der Waals surface area contributed by atoms with Gasteiger partial charge in [0.2, 0.25) is 0 Å². The molecule has 5 aromatic rings. The van der Waals surface area contributed by atoms with Crippen LogP contribution in [0.25, 0.3) is 27.9 Å². The molecule has 7 rings (SSSR count). The van der Waals surface area contributed by atoms with Crippen LogP contribution in [-0.2, 0) is 32.2 Å². The normalized spacial score (nSPS) is 16.0. The lowest BCUT2D eigenvalue weighted by Crippen LogP contribution is -2.45. The molecule has 12 heteroatoms. The van der Waals surface area contributed by atoms with E-state index in [2.05, 4.69) is 34.5 Å². The van der Waals surface area contributed by atoms with Gasteiger partial charge in [0.1, 0.15) is 11.5 Å². The zero-order valence-electron chi connectivity index (χ0n) is 37.4. The van der Waals surface area contributed by atoms with Gasteiger partial charge >= 0.3 is 11.9 Å². The number of carbonyl (C=O) groups excluding carboxylic acids is 2. The quantitative estimate of drug-likeness (QED) is 0.0923. The predicted octanol–water partition coefficient (Wildman–Crippen LogP) is 7.87. The third-order valence-electron chi connectivity index (χ3n) is 12.7. The topological polar surface area (TPSA) is 130 Å². The molecular formula is C51H64N4O8. The Morgan fingerprint density at radius 1 is 0.651 bits per heavy atom. The van der Waals surface area contributed by atoms with E-state index in [1.54, 1.807) is 35.5 Å². The van der Waals surface area contributed by atoms with Crippen LogP contribution >= 0.6 is 0 Å². The second-order valence-electron chi connectivity index (χ2n) is 16.6. The van der Waals surface area contributed by atoms with E-state index < -0.39 is 10.8 Å². The van der Waals surface area contributed by atoms with Gasteiger partial charge in [-0.15, -0.1) is 0 Å². The van der Waals surface area contributed by atoms with Crippen molar-refractivity contribution in [2.75, 3.05) is 60.2 Å². The molecule has 63 heavy (non-hydrogen) atoms. The van der Waals surface area contributed by atoms with E-state index in [9.17, 15) is 19.2 Å². The van der Waals surface area contributed by atoms with Crippen molar-refractivity contribution in [1.29, 1.82) is 0 Å². The van der Waals surface area contributed by atoms with Crippen LogP contribution in [0.3, 0.4) is 0 Å². The molecule has 0 aliphatic carbocycles. The number of aryl methyl sites for hydroxylation is 2. The van der Waals surface area contributed by atoms with Crippen molar-refractivity contribution in [3.63, 3.8) is 0 Å². The number of aromatic nitrogens is 2. The molecule has 336 valence electrons. The molecule has 0 amide bonds. The van der Waals surface area contributed by atoms with Gasteiger partial charge in [-0.3, -0.25) is 24.1 Å². The number of nitrogens with zero attached hydrogens (tertiary/aromatic N) is 3. The van der Waals surface area contributed by atoms with Crippen molar-refractivity contribution < 1.29 is 28.5 Å². The largest absolute Gasteiger partial charge is 0.497 e. The van der Waals surface area contributed by atoms with Crippen molar-refractivity contribution in [3.05, 3.63) is 123 Å². The summed E-state index contributed by atoms with van der Waals surface area (Å²) in [6.07, 6.45) is 10.3. The number of carbonyl (C=O) groups is 2. The molecule has 2 aliphatic heterocycles. The van der Waals surface area contributed by atoms with Gasteiger partial charge in [0.05, 0.1) is 49.3 Å². The summed E-state index contributed by atoms with van der Waals surface area (Å²) in [4.78, 5) is 53.2. The highest BCUT2D eigenvalue weighted by Gasteiger charge is 2.42. The average Bonchev–Trinajstić information content (AvgIpc) is 3.31. The van der Waals surface area contributed by atoms with Gasteiger partial charge in [-0.1, -0.05) is 42.5 Å². The van der Waals surface area contributed by atoms with Gasteiger partial charge in [0.25, 0.3) is 11.1 Å². The standard InChI is InChI=1S/C30H36N2O4.C21H28N2O4/c1-3-36-29(34)30(17-21-31(22-18-30)19-7-11-24-9-5-4-6-10-24)16-8-20-32-27-23-26(35-2)14-12-25(27)13-15-28(32)33;1-3-27-20(25)21(10-12-22-13-11-21)9-4-14-23-18-15-17(26-2)7-5-16(18)6-8-19(23)24/h4-7,9-15,23H,3,8,16-22H2,1-2H3;5-8,15,22H,3-4,9-14H2,1-2H3/b11-7+;. The maximum atomic E-state index is 13.1. The molecule has 1 N–H and O–H groups in total. The highest BCUT2D eigenvalue weighted by molar-refractivity contribution is 5.81. The van der Waals surface area contributed by atoms with E-state index in [1.165, 1.54) is 5.56 Å². The van der Waals surface area contributed by atoms with E-state index in [0.717, 1.165) is 111 Å². The van der Waals surface area contributed by atoms with Crippen LogP contribution in [0.5, 0.6) is 11.5 Å². The molecule has 4 heterocycles. The van der Waals surface area contributed by atoms with Crippen molar-refractivity contribution in [1.82, 2.24) is 19.4 Å². The molecule has 2 fully saturated rings. The summed E-state index contributed by atoms with van der Waals surface area (Å²) in [7, 11) is 3.24. The van der Waals surface area contributed by atoms with Crippen molar-refractivity contribution in [2.45, 2.75) is 78.3 Å². The van der Waals surface area contributed by atoms with Gasteiger partial charge in [-0.2, -0.15) is 0 Å². The molecule has 0 unspecified atom stereocenters. The number of ether oxygens (including phenoxy) is 4. The summed E-state index contributed by atoms with van der Waals surface area (Å²) >= 11 is 0. The highest BCUT2D eigenvalue weighted by atomic mass is 16.5. The van der Waals surface area contributed by atoms with Gasteiger partial charge in [-0.05, 0) is 144 Å². The molecular weight excluding hydrogens is 797 g/mol. The Hall–Kier alpha value is -5.72. The zero-order chi connectivity index (χ0) is 44.7. The van der Waals surface area contributed by atoms with Gasteiger partial charge in [0, 0.05) is 43.9 Å². The van der Waals surface area contributed by atoms with Gasteiger partial charge in [0.15, 0.2) is 0 Å².